The zero-order valence-electron chi connectivity index (χ0n) is 7.12. The monoisotopic (exact) mass is 150 g/mol. The molecule has 1 rings (SSSR count). The van der Waals surface area contributed by atoms with Gasteiger partial charge in [-0.25, -0.2) is 4.98 Å². The van der Waals surface area contributed by atoms with Gasteiger partial charge in [-0.3, -0.25) is 0 Å². The van der Waals surface area contributed by atoms with Crippen LogP contribution in [0.5, 0.6) is 0 Å². The Morgan fingerprint density at radius 3 is 3.09 bits per heavy atom. The van der Waals surface area contributed by atoms with E-state index in [1.165, 1.54) is 0 Å². The fourth-order valence-corrected chi connectivity index (χ4v) is 1.06. The van der Waals surface area contributed by atoms with Crippen LogP contribution in [0.4, 0.5) is 0 Å². The fraction of sp³-hybridized carbons (Fsp3) is 0.444. The first-order chi connectivity index (χ1) is 5.38. The van der Waals surface area contributed by atoms with Crippen molar-refractivity contribution in [2.75, 3.05) is 0 Å². The molecule has 0 saturated heterocycles. The van der Waals surface area contributed by atoms with Crippen LogP contribution in [0, 0.1) is 0 Å². The fourth-order valence-electron chi connectivity index (χ4n) is 1.06. The number of rotatable bonds is 3. The Morgan fingerprint density at radius 1 is 1.64 bits per heavy atom. The molecule has 0 radical (unpaired) electrons. The summed E-state index contributed by atoms with van der Waals surface area (Å²) >= 11 is 0. The zero-order chi connectivity index (χ0) is 8.10. The molecule has 0 aliphatic rings. The molecule has 1 heterocycles. The molecule has 0 fully saturated rings. The van der Waals surface area contributed by atoms with E-state index in [4.69, 9.17) is 0 Å². The van der Waals surface area contributed by atoms with E-state index < -0.39 is 0 Å². The van der Waals surface area contributed by atoms with E-state index >= 15 is 0 Å². The van der Waals surface area contributed by atoms with Gasteiger partial charge in [0.1, 0.15) is 5.82 Å². The van der Waals surface area contributed by atoms with Crippen molar-refractivity contribution >= 4 is 6.08 Å². The number of hydrogen-bond donors (Lipinski definition) is 0. The third-order valence-corrected chi connectivity index (χ3v) is 1.53. The molecule has 2 nitrogen and oxygen atoms in total. The molecule has 0 atom stereocenters. The van der Waals surface area contributed by atoms with Crippen molar-refractivity contribution in [1.82, 2.24) is 9.55 Å². The van der Waals surface area contributed by atoms with Crippen molar-refractivity contribution < 1.29 is 0 Å². The molecule has 1 aromatic heterocycles. The molecule has 11 heavy (non-hydrogen) atoms. The Bertz CT molecular complexity index is 235. The summed E-state index contributed by atoms with van der Waals surface area (Å²) in [6.07, 6.45) is 9.04. The molecule has 0 amide bonds. The van der Waals surface area contributed by atoms with Crippen molar-refractivity contribution in [2.45, 2.75) is 26.8 Å². The first-order valence-electron chi connectivity index (χ1n) is 4.02. The third-order valence-electron chi connectivity index (χ3n) is 1.53. The van der Waals surface area contributed by atoms with Crippen LogP contribution in [0.15, 0.2) is 18.5 Å². The normalized spacial score (nSPS) is 11.1. The van der Waals surface area contributed by atoms with Gasteiger partial charge < -0.3 is 4.57 Å². The Hall–Kier alpha value is -1.05. The molecule has 0 aliphatic heterocycles. The third kappa shape index (κ3) is 1.93. The van der Waals surface area contributed by atoms with Gasteiger partial charge in [0.05, 0.1) is 0 Å². The Labute approximate surface area is 67.6 Å². The molecule has 60 valence electrons. The molecule has 0 spiro atoms. The summed E-state index contributed by atoms with van der Waals surface area (Å²) in [7, 11) is 0. The summed E-state index contributed by atoms with van der Waals surface area (Å²) < 4.78 is 2.15. The molecule has 0 N–H and O–H groups in total. The first-order valence-corrected chi connectivity index (χ1v) is 4.02. The molecule has 1 aromatic rings. The summed E-state index contributed by atoms with van der Waals surface area (Å²) in [6.45, 7) is 5.23. The second-order valence-corrected chi connectivity index (χ2v) is 2.48. The quantitative estimate of drug-likeness (QED) is 0.646. The summed E-state index contributed by atoms with van der Waals surface area (Å²) in [6, 6.07) is 0. The number of aromatic nitrogens is 2. The van der Waals surface area contributed by atoms with E-state index in [2.05, 4.69) is 16.5 Å². The minimum atomic E-state index is 1.05. The van der Waals surface area contributed by atoms with Crippen molar-refractivity contribution in [3.8, 4) is 0 Å². The summed E-state index contributed by atoms with van der Waals surface area (Å²) in [5.74, 6) is 1.05. The van der Waals surface area contributed by atoms with E-state index in [0.29, 0.717) is 0 Å². The van der Waals surface area contributed by atoms with Crippen molar-refractivity contribution in [3.63, 3.8) is 0 Å². The van der Waals surface area contributed by atoms with Crippen molar-refractivity contribution in [3.05, 3.63) is 24.3 Å². The first kappa shape index (κ1) is 8.05. The maximum Gasteiger partial charge on any atom is 0.132 e. The highest BCUT2D eigenvalue weighted by atomic mass is 15.0. The predicted molar refractivity (Wildman–Crippen MR) is 47.2 cm³/mol. The Kier molecular flexibility index (Phi) is 2.90. The number of nitrogens with zero attached hydrogens (tertiary/aromatic N) is 2. The lowest BCUT2D eigenvalue weighted by Crippen LogP contribution is -1.97. The van der Waals surface area contributed by atoms with Gasteiger partial charge in [-0.05, 0) is 19.4 Å². The highest BCUT2D eigenvalue weighted by Gasteiger charge is 1.94. The van der Waals surface area contributed by atoms with Crippen LogP contribution in [-0.4, -0.2) is 9.55 Å². The van der Waals surface area contributed by atoms with E-state index in [9.17, 15) is 0 Å². The number of allylic oxidation sites excluding steroid dienone is 1. The van der Waals surface area contributed by atoms with Crippen LogP contribution in [0.1, 0.15) is 26.1 Å². The summed E-state index contributed by atoms with van der Waals surface area (Å²) in [4.78, 5) is 4.20. The average molecular weight is 150 g/mol. The maximum absolute atomic E-state index is 4.20. The second-order valence-electron chi connectivity index (χ2n) is 2.48. The van der Waals surface area contributed by atoms with E-state index in [1.54, 1.807) is 0 Å². The minimum absolute atomic E-state index is 1.05. The smallest absolute Gasteiger partial charge is 0.132 e. The largest absolute Gasteiger partial charge is 0.332 e. The van der Waals surface area contributed by atoms with Gasteiger partial charge in [-0.15, -0.1) is 0 Å². The highest BCUT2D eigenvalue weighted by molar-refractivity contribution is 5.39. The van der Waals surface area contributed by atoms with Gasteiger partial charge >= 0.3 is 0 Å². The van der Waals surface area contributed by atoms with Crippen molar-refractivity contribution in [2.24, 2.45) is 0 Å². The standard InChI is InChI=1S/C9H14N2/c1-3-5-9-10-6-8-11(9)7-4-2/h3,5-6,8H,4,7H2,1-2H3. The van der Waals surface area contributed by atoms with Gasteiger partial charge in [-0.2, -0.15) is 0 Å². The van der Waals surface area contributed by atoms with Gasteiger partial charge in [0.2, 0.25) is 0 Å². The summed E-state index contributed by atoms with van der Waals surface area (Å²) in [5.41, 5.74) is 0. The minimum Gasteiger partial charge on any atom is -0.332 e. The zero-order valence-corrected chi connectivity index (χ0v) is 7.12. The van der Waals surface area contributed by atoms with Gasteiger partial charge in [0.25, 0.3) is 0 Å². The Balaban J connectivity index is 2.78. The van der Waals surface area contributed by atoms with Crippen LogP contribution in [0.3, 0.4) is 0 Å². The van der Waals surface area contributed by atoms with E-state index in [-0.39, 0.29) is 0 Å². The van der Waals surface area contributed by atoms with Crippen molar-refractivity contribution in [1.29, 1.82) is 0 Å². The van der Waals surface area contributed by atoms with E-state index in [0.717, 1.165) is 18.8 Å². The van der Waals surface area contributed by atoms with Crippen LogP contribution < -0.4 is 0 Å². The molecule has 0 bridgehead atoms. The van der Waals surface area contributed by atoms with Crippen LogP contribution >= 0.6 is 0 Å². The lowest BCUT2D eigenvalue weighted by molar-refractivity contribution is 0.672. The topological polar surface area (TPSA) is 17.8 Å². The van der Waals surface area contributed by atoms with Crippen LogP contribution in [-0.2, 0) is 6.54 Å². The number of imidazole rings is 1. The molecule has 0 aromatic carbocycles. The molecular weight excluding hydrogens is 136 g/mol. The SMILES string of the molecule is CC=Cc1nccn1CCC. The lowest BCUT2D eigenvalue weighted by atomic mass is 10.4. The average Bonchev–Trinajstić information content (AvgIpc) is 2.39. The number of aryl methyl sites for hydroxylation is 1. The maximum atomic E-state index is 4.20. The lowest BCUT2D eigenvalue weighted by Gasteiger charge is -2.00. The number of hydrogen-bond acceptors (Lipinski definition) is 1. The second kappa shape index (κ2) is 3.96. The van der Waals surface area contributed by atoms with Gasteiger partial charge in [0, 0.05) is 18.9 Å². The summed E-state index contributed by atoms with van der Waals surface area (Å²) in [5, 5.41) is 0. The van der Waals surface area contributed by atoms with Gasteiger partial charge in [0.15, 0.2) is 0 Å². The molecule has 0 saturated carbocycles. The van der Waals surface area contributed by atoms with Crippen LogP contribution in [0.2, 0.25) is 0 Å². The predicted octanol–water partition coefficient (Wildman–Crippen LogP) is 2.33. The highest BCUT2D eigenvalue weighted by Crippen LogP contribution is 2.00. The molecular formula is C9H14N2. The van der Waals surface area contributed by atoms with E-state index in [1.807, 2.05) is 31.5 Å². The molecule has 0 aliphatic carbocycles. The van der Waals surface area contributed by atoms with Crippen LogP contribution in [0.25, 0.3) is 6.08 Å². The molecule has 2 heteroatoms. The molecule has 0 unspecified atom stereocenters. The van der Waals surface area contributed by atoms with Gasteiger partial charge in [-0.1, -0.05) is 13.0 Å². The Morgan fingerprint density at radius 2 is 2.45 bits per heavy atom.